The predicted octanol–water partition coefficient (Wildman–Crippen LogP) is 3.83. The van der Waals surface area contributed by atoms with Gasteiger partial charge in [0.2, 0.25) is 5.91 Å². The number of methoxy groups -OCH3 is 1. The number of hydrogen-bond acceptors (Lipinski definition) is 6. The number of fused-ring (bicyclic) bond motifs is 1. The number of ether oxygens (including phenoxy) is 1. The van der Waals surface area contributed by atoms with Gasteiger partial charge in [-0.25, -0.2) is 4.98 Å². The molecular weight excluding hydrogens is 450 g/mol. The van der Waals surface area contributed by atoms with Crippen LogP contribution in [0.1, 0.15) is 5.56 Å². The average molecular weight is 470 g/mol. The molecule has 0 unspecified atom stereocenters. The molecular formula is C22H20ClN5O3S. The maximum atomic E-state index is 13.2. The zero-order valence-corrected chi connectivity index (χ0v) is 19.2. The zero-order valence-electron chi connectivity index (χ0n) is 17.6. The fourth-order valence-corrected chi connectivity index (χ4v) is 4.37. The van der Waals surface area contributed by atoms with Crippen molar-refractivity contribution in [1.29, 1.82) is 0 Å². The van der Waals surface area contributed by atoms with Gasteiger partial charge in [0.05, 0.1) is 29.8 Å². The third-order valence-electron chi connectivity index (χ3n) is 4.93. The number of nitrogens with one attached hydrogen (secondary N) is 1. The molecule has 164 valence electrons. The number of aromatic nitrogens is 4. The van der Waals surface area contributed by atoms with Crippen molar-refractivity contribution in [3.05, 3.63) is 69.6 Å². The zero-order chi connectivity index (χ0) is 22.8. The van der Waals surface area contributed by atoms with Gasteiger partial charge in [0.15, 0.2) is 10.8 Å². The van der Waals surface area contributed by atoms with E-state index in [1.54, 1.807) is 30.1 Å². The first-order chi connectivity index (χ1) is 15.4. The van der Waals surface area contributed by atoms with E-state index in [2.05, 4.69) is 15.2 Å². The molecule has 0 radical (unpaired) electrons. The van der Waals surface area contributed by atoms with Crippen molar-refractivity contribution >= 4 is 46.0 Å². The van der Waals surface area contributed by atoms with Gasteiger partial charge in [-0.1, -0.05) is 35.5 Å². The lowest BCUT2D eigenvalue weighted by Gasteiger charge is -2.18. The third-order valence-corrected chi connectivity index (χ3v) is 6.15. The molecule has 2 heterocycles. The van der Waals surface area contributed by atoms with Crippen LogP contribution in [0.3, 0.4) is 0 Å². The standard InChI is InChI=1S/C22H20ClN5O3S/c1-13-5-4-6-14(9-13)27(2)19(29)12-32-22-25-20-16(11-24-26-20)21(30)28(22)15-7-8-18(31-3)17(23)10-15/h4-11H,12H2,1-3H3,(H,24,26). The number of hydrogen-bond donors (Lipinski definition) is 1. The molecule has 0 spiro atoms. The second kappa shape index (κ2) is 9.05. The van der Waals surface area contributed by atoms with Gasteiger partial charge >= 0.3 is 0 Å². The molecule has 0 saturated carbocycles. The maximum absolute atomic E-state index is 13.2. The van der Waals surface area contributed by atoms with E-state index in [1.807, 2.05) is 31.2 Å². The number of halogens is 1. The van der Waals surface area contributed by atoms with Gasteiger partial charge in [0, 0.05) is 12.7 Å². The Morgan fingerprint density at radius 2 is 2.09 bits per heavy atom. The van der Waals surface area contributed by atoms with Crippen LogP contribution in [-0.4, -0.2) is 45.6 Å². The van der Waals surface area contributed by atoms with Crippen molar-refractivity contribution in [1.82, 2.24) is 19.7 Å². The maximum Gasteiger partial charge on any atom is 0.269 e. The van der Waals surface area contributed by atoms with Crippen LogP contribution < -0.4 is 15.2 Å². The van der Waals surface area contributed by atoms with Gasteiger partial charge < -0.3 is 9.64 Å². The first kappa shape index (κ1) is 21.9. The Morgan fingerprint density at radius 3 is 2.81 bits per heavy atom. The van der Waals surface area contributed by atoms with Crippen molar-refractivity contribution in [2.45, 2.75) is 12.1 Å². The number of aryl methyl sites for hydroxylation is 1. The molecule has 0 saturated heterocycles. The second-order valence-corrected chi connectivity index (χ2v) is 8.42. The molecule has 0 atom stereocenters. The minimum atomic E-state index is -0.313. The quantitative estimate of drug-likeness (QED) is 0.340. The van der Waals surface area contributed by atoms with E-state index in [-0.39, 0.29) is 17.2 Å². The average Bonchev–Trinajstić information content (AvgIpc) is 3.26. The highest BCUT2D eigenvalue weighted by Gasteiger charge is 2.18. The molecule has 4 aromatic rings. The summed E-state index contributed by atoms with van der Waals surface area (Å²) in [7, 11) is 3.24. The monoisotopic (exact) mass is 469 g/mol. The molecule has 0 bridgehead atoms. The number of benzene rings is 2. The lowest BCUT2D eigenvalue weighted by Crippen LogP contribution is -2.28. The van der Waals surface area contributed by atoms with Crippen molar-refractivity contribution in [2.75, 3.05) is 24.8 Å². The molecule has 8 nitrogen and oxygen atoms in total. The van der Waals surface area contributed by atoms with Crippen LogP contribution in [0.2, 0.25) is 5.02 Å². The summed E-state index contributed by atoms with van der Waals surface area (Å²) in [6, 6.07) is 12.7. The van der Waals surface area contributed by atoms with Crippen LogP contribution in [0.25, 0.3) is 16.7 Å². The number of nitrogens with zero attached hydrogens (tertiary/aromatic N) is 4. The summed E-state index contributed by atoms with van der Waals surface area (Å²) in [5, 5.41) is 7.69. The van der Waals surface area contributed by atoms with E-state index in [0.717, 1.165) is 23.0 Å². The van der Waals surface area contributed by atoms with Crippen molar-refractivity contribution in [3.63, 3.8) is 0 Å². The topological polar surface area (TPSA) is 93.1 Å². The third kappa shape index (κ3) is 4.21. The Hall–Kier alpha value is -3.30. The Labute approximate surface area is 193 Å². The van der Waals surface area contributed by atoms with Gasteiger partial charge in [-0.2, -0.15) is 5.10 Å². The summed E-state index contributed by atoms with van der Waals surface area (Å²) in [6.07, 6.45) is 1.43. The Morgan fingerprint density at radius 1 is 1.28 bits per heavy atom. The van der Waals surface area contributed by atoms with Crippen molar-refractivity contribution in [2.24, 2.45) is 0 Å². The van der Waals surface area contributed by atoms with Crippen molar-refractivity contribution < 1.29 is 9.53 Å². The molecule has 0 aliphatic carbocycles. The van der Waals surface area contributed by atoms with Gasteiger partial charge in [-0.3, -0.25) is 19.3 Å². The molecule has 1 amide bonds. The Bertz CT molecular complexity index is 1370. The lowest BCUT2D eigenvalue weighted by atomic mass is 10.2. The SMILES string of the molecule is COc1ccc(-n2c(SCC(=O)N(C)c3cccc(C)c3)nc3[nH]ncc3c2=O)cc1Cl. The van der Waals surface area contributed by atoms with Crippen LogP contribution in [0, 0.1) is 6.92 Å². The number of amides is 1. The fourth-order valence-electron chi connectivity index (χ4n) is 3.20. The van der Waals surface area contributed by atoms with Gasteiger partial charge in [-0.05, 0) is 42.8 Å². The summed E-state index contributed by atoms with van der Waals surface area (Å²) in [6.45, 7) is 1.97. The number of aromatic amines is 1. The first-order valence-corrected chi connectivity index (χ1v) is 11.0. The number of thioether (sulfide) groups is 1. The minimum Gasteiger partial charge on any atom is -0.495 e. The summed E-state index contributed by atoms with van der Waals surface area (Å²) < 4.78 is 6.63. The number of carbonyl (C=O) groups is 1. The lowest BCUT2D eigenvalue weighted by molar-refractivity contribution is -0.115. The van der Waals surface area contributed by atoms with E-state index >= 15 is 0 Å². The number of anilines is 1. The molecule has 0 aliphatic rings. The van der Waals surface area contributed by atoms with E-state index in [4.69, 9.17) is 16.3 Å². The molecule has 4 rings (SSSR count). The molecule has 2 aromatic heterocycles. The number of rotatable bonds is 6. The van der Waals surface area contributed by atoms with Crippen LogP contribution >= 0.6 is 23.4 Å². The highest BCUT2D eigenvalue weighted by Crippen LogP contribution is 2.28. The molecule has 32 heavy (non-hydrogen) atoms. The van der Waals surface area contributed by atoms with Crippen LogP contribution in [0.4, 0.5) is 5.69 Å². The summed E-state index contributed by atoms with van der Waals surface area (Å²) >= 11 is 7.45. The largest absolute Gasteiger partial charge is 0.495 e. The van der Waals surface area contributed by atoms with Gasteiger partial charge in [0.1, 0.15) is 11.1 Å². The Kier molecular flexibility index (Phi) is 6.20. The summed E-state index contributed by atoms with van der Waals surface area (Å²) in [4.78, 5) is 32.1. The van der Waals surface area contributed by atoms with Gasteiger partial charge in [0.25, 0.3) is 5.56 Å². The van der Waals surface area contributed by atoms with E-state index in [0.29, 0.717) is 32.6 Å². The van der Waals surface area contributed by atoms with Crippen LogP contribution in [0.5, 0.6) is 5.75 Å². The highest BCUT2D eigenvalue weighted by atomic mass is 35.5. The molecule has 2 aromatic carbocycles. The molecule has 0 aliphatic heterocycles. The number of H-pyrrole nitrogens is 1. The second-order valence-electron chi connectivity index (χ2n) is 7.07. The number of carbonyl (C=O) groups excluding carboxylic acids is 1. The molecule has 1 N–H and O–H groups in total. The van der Waals surface area contributed by atoms with E-state index in [9.17, 15) is 9.59 Å². The van der Waals surface area contributed by atoms with Crippen LogP contribution in [-0.2, 0) is 4.79 Å². The highest BCUT2D eigenvalue weighted by molar-refractivity contribution is 7.99. The normalized spacial score (nSPS) is 11.0. The smallest absolute Gasteiger partial charge is 0.269 e. The minimum absolute atomic E-state index is 0.0837. The molecule has 0 fully saturated rings. The van der Waals surface area contributed by atoms with E-state index < -0.39 is 0 Å². The van der Waals surface area contributed by atoms with Gasteiger partial charge in [-0.15, -0.1) is 0 Å². The predicted molar refractivity (Wildman–Crippen MR) is 126 cm³/mol. The fraction of sp³-hybridized carbons (Fsp3) is 0.182. The summed E-state index contributed by atoms with van der Waals surface area (Å²) in [5.74, 6) is 0.448. The Balaban J connectivity index is 1.69. The van der Waals surface area contributed by atoms with Crippen LogP contribution in [0.15, 0.2) is 58.6 Å². The molecule has 10 heteroatoms. The van der Waals surface area contributed by atoms with Crippen molar-refractivity contribution in [3.8, 4) is 11.4 Å². The first-order valence-electron chi connectivity index (χ1n) is 9.65. The van der Waals surface area contributed by atoms with E-state index in [1.165, 1.54) is 17.9 Å². The summed E-state index contributed by atoms with van der Waals surface area (Å²) in [5.41, 5.74) is 2.41.